The number of anilines is 1. The molecule has 0 aliphatic carbocycles. The van der Waals surface area contributed by atoms with Gasteiger partial charge in [-0.15, -0.1) is 11.3 Å². The van der Waals surface area contributed by atoms with Gasteiger partial charge in [0.05, 0.1) is 21.2 Å². The number of thiophene rings is 1. The second-order valence-electron chi connectivity index (χ2n) is 8.85. The van der Waals surface area contributed by atoms with Crippen LogP contribution < -0.4 is 4.90 Å². The largest absolute Gasteiger partial charge is 0.477 e. The molecule has 6 nitrogen and oxygen atoms in total. The summed E-state index contributed by atoms with van der Waals surface area (Å²) in [6, 6.07) is 5.15. The van der Waals surface area contributed by atoms with Crippen LogP contribution >= 0.6 is 34.5 Å². The summed E-state index contributed by atoms with van der Waals surface area (Å²) in [5.41, 5.74) is -0.0237. The fourth-order valence-corrected chi connectivity index (χ4v) is 4.82. The molecule has 33 heavy (non-hydrogen) atoms. The minimum Gasteiger partial charge on any atom is -0.477 e. The number of benzene rings is 1. The Kier molecular flexibility index (Phi) is 7.42. The van der Waals surface area contributed by atoms with Crippen molar-refractivity contribution in [3.8, 4) is 11.8 Å². The molecule has 0 saturated carbocycles. The lowest BCUT2D eigenvalue weighted by atomic mass is 9.98. The van der Waals surface area contributed by atoms with Crippen LogP contribution in [-0.4, -0.2) is 47.4 Å². The number of carbonyl (C=O) groups is 3. The Morgan fingerprint density at radius 2 is 1.94 bits per heavy atom. The number of carbonyl (C=O) groups excluding carboxylic acids is 2. The first-order chi connectivity index (χ1) is 15.4. The van der Waals surface area contributed by atoms with Gasteiger partial charge in [-0.3, -0.25) is 14.5 Å². The van der Waals surface area contributed by atoms with Crippen LogP contribution in [0.1, 0.15) is 58.5 Å². The van der Waals surface area contributed by atoms with Gasteiger partial charge in [-0.05, 0) is 57.9 Å². The van der Waals surface area contributed by atoms with Crippen LogP contribution in [0.2, 0.25) is 10.0 Å². The number of carboxylic acid groups (broad SMARTS) is 1. The molecule has 3 rings (SSSR count). The molecule has 0 bridgehead atoms. The number of likely N-dealkylation sites (N-methyl/N-ethyl adjacent to an activating group) is 1. The maximum Gasteiger partial charge on any atom is 0.348 e. The number of carboxylic acids is 1. The molecule has 174 valence electrons. The monoisotopic (exact) mass is 506 g/mol. The van der Waals surface area contributed by atoms with E-state index in [9.17, 15) is 19.5 Å². The third-order valence-corrected chi connectivity index (χ3v) is 6.63. The molecule has 1 unspecified atom stereocenters. The molecule has 0 radical (unpaired) electrons. The van der Waals surface area contributed by atoms with Crippen molar-refractivity contribution in [3.63, 3.8) is 0 Å². The van der Waals surface area contributed by atoms with E-state index >= 15 is 0 Å². The van der Waals surface area contributed by atoms with Gasteiger partial charge in [0.2, 0.25) is 5.91 Å². The molecule has 2 amide bonds. The van der Waals surface area contributed by atoms with Crippen molar-refractivity contribution in [2.45, 2.75) is 39.7 Å². The quantitative estimate of drug-likeness (QED) is 0.561. The smallest absolute Gasteiger partial charge is 0.348 e. The second-order valence-corrected chi connectivity index (χ2v) is 10.7. The fraction of sp³-hybridized carbons (Fsp3) is 0.375. The van der Waals surface area contributed by atoms with E-state index in [-0.39, 0.29) is 32.5 Å². The molecular weight excluding hydrogens is 483 g/mol. The molecule has 1 N–H and O–H groups in total. The van der Waals surface area contributed by atoms with Crippen LogP contribution in [0.4, 0.5) is 5.69 Å². The second kappa shape index (κ2) is 9.76. The zero-order valence-corrected chi connectivity index (χ0v) is 21.1. The Balaban J connectivity index is 2.20. The van der Waals surface area contributed by atoms with Crippen molar-refractivity contribution in [2.24, 2.45) is 5.41 Å². The molecule has 1 aliphatic rings. The molecule has 2 heterocycles. The van der Waals surface area contributed by atoms with Gasteiger partial charge >= 0.3 is 5.97 Å². The maximum atomic E-state index is 13.7. The fourth-order valence-electron chi connectivity index (χ4n) is 3.49. The summed E-state index contributed by atoms with van der Waals surface area (Å²) in [5.74, 6) is 4.06. The topological polar surface area (TPSA) is 77.9 Å². The summed E-state index contributed by atoms with van der Waals surface area (Å²) in [6.45, 7) is 6.40. The first-order valence-corrected chi connectivity index (χ1v) is 11.9. The molecule has 1 fully saturated rings. The van der Waals surface area contributed by atoms with Gasteiger partial charge in [-0.1, -0.05) is 35.0 Å². The molecular formula is C24H24Cl2N2O4S. The third kappa shape index (κ3) is 5.70. The average molecular weight is 507 g/mol. The van der Waals surface area contributed by atoms with Gasteiger partial charge in [-0.25, -0.2) is 4.79 Å². The number of hydrogen-bond acceptors (Lipinski definition) is 4. The number of halogens is 2. The van der Waals surface area contributed by atoms with Gasteiger partial charge in [0, 0.05) is 24.0 Å². The minimum atomic E-state index is -1.20. The predicted octanol–water partition coefficient (Wildman–Crippen LogP) is 5.42. The van der Waals surface area contributed by atoms with Gasteiger partial charge in [0.1, 0.15) is 10.9 Å². The van der Waals surface area contributed by atoms with Crippen LogP contribution in [-0.2, 0) is 4.79 Å². The molecule has 1 aromatic heterocycles. The van der Waals surface area contributed by atoms with Gasteiger partial charge in [0.15, 0.2) is 0 Å². The van der Waals surface area contributed by atoms with Gasteiger partial charge in [-0.2, -0.15) is 0 Å². The van der Waals surface area contributed by atoms with Crippen LogP contribution in [0.3, 0.4) is 0 Å². The van der Waals surface area contributed by atoms with Gasteiger partial charge in [0.25, 0.3) is 5.91 Å². The molecule has 2 aromatic rings. The molecule has 1 aliphatic heterocycles. The van der Waals surface area contributed by atoms with Crippen LogP contribution in [0.5, 0.6) is 0 Å². The van der Waals surface area contributed by atoms with Crippen molar-refractivity contribution >= 4 is 58.0 Å². The summed E-state index contributed by atoms with van der Waals surface area (Å²) >= 11 is 13.3. The minimum absolute atomic E-state index is 0.0623. The standard InChI is InChI=1S/C24H24Cl2N2O4S/c1-24(2,3)10-9-15-13-19(20(33-15)23(31)32)28(18-6-5-11-27(4)22(18)30)21(29)16-8-7-14(25)12-17(16)26/h7-8,12-13,18H,5-6,11H2,1-4H3,(H,31,32). The number of amides is 2. The number of aromatic carboxylic acids is 1. The molecule has 1 saturated heterocycles. The normalized spacial score (nSPS) is 16.2. The van der Waals surface area contributed by atoms with E-state index in [2.05, 4.69) is 11.8 Å². The van der Waals surface area contributed by atoms with Crippen LogP contribution in [0.25, 0.3) is 0 Å². The highest BCUT2D eigenvalue weighted by atomic mass is 35.5. The summed E-state index contributed by atoms with van der Waals surface area (Å²) in [6.07, 6.45) is 1.08. The zero-order valence-electron chi connectivity index (χ0n) is 18.7. The molecule has 1 atom stereocenters. The highest BCUT2D eigenvalue weighted by Crippen LogP contribution is 2.36. The molecule has 0 spiro atoms. The number of likely N-dealkylation sites (tertiary alicyclic amines) is 1. The number of piperidine rings is 1. The Labute approximate surface area is 207 Å². The summed E-state index contributed by atoms with van der Waals surface area (Å²) < 4.78 is 0. The summed E-state index contributed by atoms with van der Waals surface area (Å²) in [5, 5.41) is 10.4. The van der Waals surface area contributed by atoms with E-state index < -0.39 is 17.9 Å². The van der Waals surface area contributed by atoms with E-state index in [1.807, 2.05) is 20.8 Å². The van der Waals surface area contributed by atoms with E-state index in [4.69, 9.17) is 23.2 Å². The summed E-state index contributed by atoms with van der Waals surface area (Å²) in [7, 11) is 1.67. The third-order valence-electron chi connectivity index (χ3n) is 5.05. The van der Waals surface area contributed by atoms with E-state index in [1.165, 1.54) is 23.1 Å². The van der Waals surface area contributed by atoms with Crippen molar-refractivity contribution in [2.75, 3.05) is 18.5 Å². The lowest BCUT2D eigenvalue weighted by Crippen LogP contribution is -2.53. The highest BCUT2D eigenvalue weighted by molar-refractivity contribution is 7.15. The first kappa shape index (κ1) is 25.1. The van der Waals surface area contributed by atoms with Crippen molar-refractivity contribution in [3.05, 3.63) is 49.6 Å². The number of rotatable bonds is 4. The predicted molar refractivity (Wildman–Crippen MR) is 132 cm³/mol. The van der Waals surface area contributed by atoms with E-state index in [1.54, 1.807) is 18.0 Å². The number of hydrogen-bond donors (Lipinski definition) is 1. The van der Waals surface area contributed by atoms with Gasteiger partial charge < -0.3 is 10.0 Å². The van der Waals surface area contributed by atoms with Crippen molar-refractivity contribution in [1.82, 2.24) is 4.90 Å². The SMILES string of the molecule is CN1CCCC(N(C(=O)c2ccc(Cl)cc2Cl)c2cc(C#CC(C)(C)C)sc2C(=O)O)C1=O. The maximum absolute atomic E-state index is 13.7. The summed E-state index contributed by atoms with van der Waals surface area (Å²) in [4.78, 5) is 42.2. The Morgan fingerprint density at radius 3 is 2.55 bits per heavy atom. The average Bonchev–Trinajstić information content (AvgIpc) is 3.13. The Morgan fingerprint density at radius 1 is 1.24 bits per heavy atom. The zero-order chi connectivity index (χ0) is 24.5. The van der Waals surface area contributed by atoms with Crippen molar-refractivity contribution in [1.29, 1.82) is 0 Å². The lowest BCUT2D eigenvalue weighted by Gasteiger charge is -2.37. The van der Waals surface area contributed by atoms with E-state index in [0.717, 1.165) is 11.3 Å². The Hall–Kier alpha value is -2.53. The number of nitrogens with zero attached hydrogens (tertiary/aromatic N) is 2. The van der Waals surface area contributed by atoms with Crippen LogP contribution in [0, 0.1) is 17.3 Å². The first-order valence-electron chi connectivity index (χ1n) is 10.3. The highest BCUT2D eigenvalue weighted by Gasteiger charge is 2.39. The molecule has 9 heteroatoms. The van der Waals surface area contributed by atoms with E-state index in [0.29, 0.717) is 29.3 Å². The molecule has 1 aromatic carbocycles. The lowest BCUT2D eigenvalue weighted by molar-refractivity contribution is -0.133. The Bertz CT molecular complexity index is 1170. The van der Waals surface area contributed by atoms with Crippen molar-refractivity contribution < 1.29 is 19.5 Å². The van der Waals surface area contributed by atoms with Crippen LogP contribution in [0.15, 0.2) is 24.3 Å².